The van der Waals surface area contributed by atoms with E-state index in [0.717, 1.165) is 37.7 Å². The zero-order valence-electron chi connectivity index (χ0n) is 15.6. The van der Waals surface area contributed by atoms with Crippen LogP contribution in [-0.2, 0) is 4.74 Å². The van der Waals surface area contributed by atoms with Crippen LogP contribution in [0.4, 0.5) is 4.79 Å². The number of alkyl carbamates (subject to hydrolysis) is 1. The second kappa shape index (κ2) is 6.45. The number of amides is 1. The number of nitrogens with one attached hydrogen (secondary N) is 1. The minimum Gasteiger partial charge on any atom is -0.508 e. The van der Waals surface area contributed by atoms with Crippen LogP contribution in [-0.4, -0.2) is 36.1 Å². The lowest BCUT2D eigenvalue weighted by Gasteiger charge is -2.51. The lowest BCUT2D eigenvalue weighted by atomic mass is 9.54. The molecule has 3 aliphatic rings. The number of aromatic hydroxyl groups is 1. The maximum Gasteiger partial charge on any atom is 0.406 e. The van der Waals surface area contributed by atoms with Gasteiger partial charge in [0.1, 0.15) is 5.75 Å². The van der Waals surface area contributed by atoms with Crippen molar-refractivity contribution in [2.45, 2.75) is 57.0 Å². The second-order valence-electron chi connectivity index (χ2n) is 8.63. The molecule has 4 rings (SSSR count). The third-order valence-electron chi connectivity index (χ3n) is 7.53. The molecule has 0 saturated heterocycles. The van der Waals surface area contributed by atoms with Gasteiger partial charge in [0.05, 0.1) is 13.2 Å². The molecular formula is C21H29NO4. The molecule has 0 unspecified atom stereocenters. The summed E-state index contributed by atoms with van der Waals surface area (Å²) in [5.74, 6) is 1.98. The number of carbonyl (C=O) groups excluding carboxylic acids is 1. The first-order valence-corrected chi connectivity index (χ1v) is 9.76. The highest BCUT2D eigenvalue weighted by Crippen LogP contribution is 2.62. The highest BCUT2D eigenvalue weighted by Gasteiger charge is 2.55. The molecule has 5 heteroatoms. The fourth-order valence-electron chi connectivity index (χ4n) is 6.16. The third-order valence-corrected chi connectivity index (χ3v) is 7.53. The van der Waals surface area contributed by atoms with Crippen molar-refractivity contribution in [2.24, 2.45) is 17.3 Å². The van der Waals surface area contributed by atoms with Gasteiger partial charge in [-0.3, -0.25) is 0 Å². The van der Waals surface area contributed by atoms with Crippen LogP contribution in [0.2, 0.25) is 0 Å². The average molecular weight is 359 g/mol. The molecule has 0 bridgehead atoms. The summed E-state index contributed by atoms with van der Waals surface area (Å²) in [5, 5.41) is 23.4. The molecule has 1 aromatic carbocycles. The Morgan fingerprint density at radius 1 is 1.31 bits per heavy atom. The first kappa shape index (κ1) is 17.7. The van der Waals surface area contributed by atoms with Crippen LogP contribution in [0.1, 0.15) is 62.0 Å². The maximum absolute atomic E-state index is 11.6. The van der Waals surface area contributed by atoms with Crippen LogP contribution >= 0.6 is 0 Å². The fraction of sp³-hybridized carbons (Fsp3) is 0.667. The topological polar surface area (TPSA) is 78.8 Å². The van der Waals surface area contributed by atoms with E-state index in [4.69, 9.17) is 4.74 Å². The van der Waals surface area contributed by atoms with Crippen LogP contribution in [0.3, 0.4) is 0 Å². The molecule has 3 N–H and O–H groups in total. The van der Waals surface area contributed by atoms with Crippen molar-refractivity contribution in [1.29, 1.82) is 0 Å². The van der Waals surface area contributed by atoms with E-state index >= 15 is 0 Å². The normalized spacial score (nSPS) is 38.0. The number of methoxy groups -OCH3 is 1. The predicted molar refractivity (Wildman–Crippen MR) is 98.2 cm³/mol. The van der Waals surface area contributed by atoms with E-state index in [1.807, 2.05) is 6.07 Å². The fourth-order valence-corrected chi connectivity index (χ4v) is 6.16. The number of phenols is 1. The number of rotatable bonds is 2. The van der Waals surface area contributed by atoms with Crippen molar-refractivity contribution in [3.8, 4) is 5.75 Å². The quantitative estimate of drug-likeness (QED) is 0.755. The molecule has 1 amide bonds. The number of aliphatic hydroxyl groups is 1. The molecule has 1 aromatic rings. The molecule has 0 aromatic heterocycles. The van der Waals surface area contributed by atoms with Crippen molar-refractivity contribution in [3.63, 3.8) is 0 Å². The van der Waals surface area contributed by atoms with Crippen LogP contribution in [0.25, 0.3) is 0 Å². The summed E-state index contributed by atoms with van der Waals surface area (Å²) < 4.78 is 4.73. The Labute approximate surface area is 154 Å². The summed E-state index contributed by atoms with van der Waals surface area (Å²) in [7, 11) is 1.37. The van der Waals surface area contributed by atoms with E-state index in [0.29, 0.717) is 24.3 Å². The van der Waals surface area contributed by atoms with E-state index in [2.05, 4.69) is 18.3 Å². The average Bonchev–Trinajstić information content (AvgIpc) is 2.94. The molecule has 142 valence electrons. The highest BCUT2D eigenvalue weighted by atomic mass is 16.5. The molecule has 0 heterocycles. The molecule has 6 atom stereocenters. The zero-order chi connectivity index (χ0) is 18.5. The summed E-state index contributed by atoms with van der Waals surface area (Å²) in [4.78, 5) is 11.6. The molecular weight excluding hydrogens is 330 g/mol. The zero-order valence-corrected chi connectivity index (χ0v) is 15.6. The smallest absolute Gasteiger partial charge is 0.406 e. The van der Waals surface area contributed by atoms with Crippen molar-refractivity contribution in [1.82, 2.24) is 5.32 Å². The summed E-state index contributed by atoms with van der Waals surface area (Å²) in [5.41, 5.74) is 2.50. The van der Waals surface area contributed by atoms with Crippen LogP contribution in [0, 0.1) is 17.3 Å². The third kappa shape index (κ3) is 2.68. The van der Waals surface area contributed by atoms with E-state index in [1.54, 1.807) is 6.07 Å². The van der Waals surface area contributed by atoms with Gasteiger partial charge in [0.15, 0.2) is 0 Å². The molecule has 0 spiro atoms. The summed E-state index contributed by atoms with van der Waals surface area (Å²) in [6, 6.07) is 5.72. The summed E-state index contributed by atoms with van der Waals surface area (Å²) in [6.45, 7) is 2.78. The molecule has 5 nitrogen and oxygen atoms in total. The van der Waals surface area contributed by atoms with Crippen LogP contribution in [0.5, 0.6) is 5.75 Å². The molecule has 3 aliphatic carbocycles. The van der Waals surface area contributed by atoms with E-state index in [-0.39, 0.29) is 23.2 Å². The summed E-state index contributed by atoms with van der Waals surface area (Å²) >= 11 is 0. The molecule has 2 fully saturated rings. The van der Waals surface area contributed by atoms with Gasteiger partial charge < -0.3 is 20.3 Å². The minimum atomic E-state index is -0.418. The van der Waals surface area contributed by atoms with Crippen molar-refractivity contribution < 1.29 is 19.7 Å². The van der Waals surface area contributed by atoms with Crippen molar-refractivity contribution in [2.75, 3.05) is 13.7 Å². The number of benzene rings is 1. The number of hydrogen-bond donors (Lipinski definition) is 3. The van der Waals surface area contributed by atoms with Gasteiger partial charge in [-0.15, -0.1) is 0 Å². The molecule has 0 radical (unpaired) electrons. The largest absolute Gasteiger partial charge is 0.508 e. The number of ether oxygens (including phenoxy) is 1. The lowest BCUT2D eigenvalue weighted by Crippen LogP contribution is -2.45. The Bertz CT molecular complexity index is 705. The Morgan fingerprint density at radius 2 is 2.12 bits per heavy atom. The Hall–Kier alpha value is -1.75. The monoisotopic (exact) mass is 359 g/mol. The Kier molecular flexibility index (Phi) is 4.38. The Balaban J connectivity index is 1.67. The lowest BCUT2D eigenvalue weighted by molar-refractivity contribution is -0.0249. The van der Waals surface area contributed by atoms with E-state index in [1.165, 1.54) is 12.7 Å². The van der Waals surface area contributed by atoms with Gasteiger partial charge in [-0.25, -0.2) is 4.79 Å². The van der Waals surface area contributed by atoms with Crippen LogP contribution in [0.15, 0.2) is 18.2 Å². The molecule has 2 saturated carbocycles. The van der Waals surface area contributed by atoms with Crippen LogP contribution < -0.4 is 5.32 Å². The number of phenolic OH excluding ortho intramolecular Hbond substituents is 1. The first-order valence-electron chi connectivity index (χ1n) is 9.76. The van der Waals surface area contributed by atoms with Crippen molar-refractivity contribution in [3.05, 3.63) is 29.3 Å². The SMILES string of the molecule is COC(=O)NC[C@@H]1C[C@@H]2[C@H](CC[C@]3(C)[C@@H](O)CC[C@@H]23)c2ccc(O)cc21. The van der Waals surface area contributed by atoms with E-state index in [9.17, 15) is 15.0 Å². The van der Waals surface area contributed by atoms with Gasteiger partial charge in [0.25, 0.3) is 0 Å². The predicted octanol–water partition coefficient (Wildman–Crippen LogP) is 3.51. The maximum atomic E-state index is 11.6. The Morgan fingerprint density at radius 3 is 2.88 bits per heavy atom. The van der Waals surface area contributed by atoms with Gasteiger partial charge in [0, 0.05) is 12.5 Å². The molecule has 26 heavy (non-hydrogen) atoms. The van der Waals surface area contributed by atoms with Gasteiger partial charge in [-0.1, -0.05) is 13.0 Å². The minimum absolute atomic E-state index is 0.0237. The second-order valence-corrected chi connectivity index (χ2v) is 8.63. The number of hydrogen-bond acceptors (Lipinski definition) is 4. The number of fused-ring (bicyclic) bond motifs is 5. The summed E-state index contributed by atoms with van der Waals surface area (Å²) in [6.07, 6.45) is 4.51. The van der Waals surface area contributed by atoms with Crippen molar-refractivity contribution >= 4 is 6.09 Å². The number of carbonyl (C=O) groups is 1. The van der Waals surface area contributed by atoms with Gasteiger partial charge in [0.2, 0.25) is 0 Å². The first-order chi connectivity index (χ1) is 12.4. The van der Waals surface area contributed by atoms with Gasteiger partial charge in [-0.05, 0) is 78.5 Å². The van der Waals surface area contributed by atoms with Gasteiger partial charge in [-0.2, -0.15) is 0 Å². The number of aliphatic hydroxyl groups excluding tert-OH is 1. The standard InChI is InChI=1S/C21H29NO4/c1-21-8-7-15-14-4-3-13(23)10-16(14)12(11-22-20(25)26-2)9-17(15)18(21)5-6-19(21)24/h3-4,10,12,15,17-19,23-24H,5-9,11H2,1-2H3,(H,22,25)/t12-,15+,17+,18-,19-,21-/m0/s1. The molecule has 0 aliphatic heterocycles. The van der Waals surface area contributed by atoms with E-state index < -0.39 is 6.09 Å². The van der Waals surface area contributed by atoms with Gasteiger partial charge >= 0.3 is 6.09 Å². The highest BCUT2D eigenvalue weighted by molar-refractivity contribution is 5.67.